The number of hydrogen-bond donors (Lipinski definition) is 2. The van der Waals surface area contributed by atoms with E-state index in [0.717, 1.165) is 16.4 Å². The van der Waals surface area contributed by atoms with Crippen LogP contribution in [0.25, 0.3) is 0 Å². The summed E-state index contributed by atoms with van der Waals surface area (Å²) in [5.41, 5.74) is 2.55. The second-order valence-electron chi connectivity index (χ2n) is 4.52. The second-order valence-corrected chi connectivity index (χ2v) is 4.91. The molecule has 0 saturated carbocycles. The minimum absolute atomic E-state index is 0.230. The lowest BCUT2D eigenvalue weighted by molar-refractivity contribution is 0.314. The smallest absolute Gasteiger partial charge is 0.202 e. The predicted octanol–water partition coefficient (Wildman–Crippen LogP) is 3.35. The average molecular weight is 287 g/mol. The molecule has 0 amide bonds. The van der Waals surface area contributed by atoms with Crippen molar-refractivity contribution >= 4 is 34.4 Å². The molecule has 5 heteroatoms. The molecule has 2 rings (SSSR count). The van der Waals surface area contributed by atoms with Gasteiger partial charge in [-0.3, -0.25) is 5.21 Å². The molecule has 0 heterocycles. The Morgan fingerprint density at radius 1 is 0.950 bits per heavy atom. The van der Waals surface area contributed by atoms with Crippen LogP contribution < -0.4 is 15.3 Å². The number of para-hydroxylation sites is 1. The number of benzene rings is 2. The van der Waals surface area contributed by atoms with E-state index in [9.17, 15) is 5.21 Å². The van der Waals surface area contributed by atoms with E-state index in [1.165, 1.54) is 0 Å². The minimum Gasteiger partial charge on any atom is -0.378 e. The van der Waals surface area contributed by atoms with Crippen LogP contribution in [0, 0.1) is 0 Å². The topological polar surface area (TPSA) is 38.7 Å². The summed E-state index contributed by atoms with van der Waals surface area (Å²) in [7, 11) is 3.97. The van der Waals surface area contributed by atoms with Gasteiger partial charge in [-0.15, -0.1) is 0 Å². The number of hydroxylamine groups is 1. The molecule has 0 spiro atoms. The van der Waals surface area contributed by atoms with Crippen LogP contribution in [0.15, 0.2) is 54.6 Å². The SMILES string of the molecule is CN(C)c1ccc(NC(=S)N(O)c2ccccc2)cc1. The molecule has 0 radical (unpaired) electrons. The molecule has 4 nitrogen and oxygen atoms in total. The highest BCUT2D eigenvalue weighted by atomic mass is 32.1. The maximum Gasteiger partial charge on any atom is 0.202 e. The van der Waals surface area contributed by atoms with Gasteiger partial charge in [-0.1, -0.05) is 18.2 Å². The first-order valence-electron chi connectivity index (χ1n) is 6.20. The zero-order valence-corrected chi connectivity index (χ0v) is 12.3. The number of hydrogen-bond acceptors (Lipinski definition) is 3. The van der Waals surface area contributed by atoms with E-state index in [0.29, 0.717) is 5.69 Å². The van der Waals surface area contributed by atoms with Crippen molar-refractivity contribution < 1.29 is 5.21 Å². The normalized spacial score (nSPS) is 9.95. The summed E-state index contributed by atoms with van der Waals surface area (Å²) in [6.07, 6.45) is 0. The van der Waals surface area contributed by atoms with E-state index in [1.807, 2.05) is 61.5 Å². The van der Waals surface area contributed by atoms with Gasteiger partial charge in [0.05, 0.1) is 5.69 Å². The highest BCUT2D eigenvalue weighted by Gasteiger charge is 2.08. The Hall–Kier alpha value is -2.11. The summed E-state index contributed by atoms with van der Waals surface area (Å²) in [6.45, 7) is 0. The Labute approximate surface area is 124 Å². The van der Waals surface area contributed by atoms with E-state index in [2.05, 4.69) is 5.32 Å². The van der Waals surface area contributed by atoms with Crippen molar-refractivity contribution in [3.8, 4) is 0 Å². The maximum absolute atomic E-state index is 10.0. The predicted molar refractivity (Wildman–Crippen MR) is 87.7 cm³/mol. The van der Waals surface area contributed by atoms with Gasteiger partial charge in [-0.2, -0.15) is 5.06 Å². The van der Waals surface area contributed by atoms with Crippen LogP contribution in [-0.4, -0.2) is 24.4 Å². The van der Waals surface area contributed by atoms with E-state index in [-0.39, 0.29) is 5.11 Å². The van der Waals surface area contributed by atoms with Crippen molar-refractivity contribution in [1.29, 1.82) is 0 Å². The van der Waals surface area contributed by atoms with Gasteiger partial charge in [-0.25, -0.2) is 0 Å². The Bertz CT molecular complexity index is 569. The summed E-state index contributed by atoms with van der Waals surface area (Å²) in [4.78, 5) is 2.02. The number of nitrogens with zero attached hydrogens (tertiary/aromatic N) is 2. The van der Waals surface area contributed by atoms with Gasteiger partial charge in [0.15, 0.2) is 0 Å². The monoisotopic (exact) mass is 287 g/mol. The van der Waals surface area contributed by atoms with E-state index in [1.54, 1.807) is 12.1 Å². The van der Waals surface area contributed by atoms with Gasteiger partial charge >= 0.3 is 0 Å². The molecule has 0 bridgehead atoms. The van der Waals surface area contributed by atoms with Crippen molar-refractivity contribution in [1.82, 2.24) is 0 Å². The van der Waals surface area contributed by atoms with Crippen molar-refractivity contribution in [2.45, 2.75) is 0 Å². The fourth-order valence-corrected chi connectivity index (χ4v) is 1.93. The van der Waals surface area contributed by atoms with E-state index < -0.39 is 0 Å². The van der Waals surface area contributed by atoms with Crippen LogP contribution in [0.5, 0.6) is 0 Å². The molecule has 0 aliphatic rings. The molecule has 0 atom stereocenters. The minimum atomic E-state index is 0.230. The molecule has 0 unspecified atom stereocenters. The molecule has 0 aromatic heterocycles. The van der Waals surface area contributed by atoms with Gasteiger partial charge in [0, 0.05) is 25.5 Å². The second kappa shape index (κ2) is 6.36. The first kappa shape index (κ1) is 14.3. The van der Waals surface area contributed by atoms with Gasteiger partial charge in [0.1, 0.15) is 0 Å². The number of rotatable bonds is 3. The fraction of sp³-hybridized carbons (Fsp3) is 0.133. The van der Waals surface area contributed by atoms with Gasteiger partial charge < -0.3 is 10.2 Å². The van der Waals surface area contributed by atoms with Crippen LogP contribution in [-0.2, 0) is 0 Å². The quantitative estimate of drug-likeness (QED) is 0.669. The van der Waals surface area contributed by atoms with Gasteiger partial charge in [-0.05, 0) is 48.6 Å². The Kier molecular flexibility index (Phi) is 4.55. The third-order valence-electron chi connectivity index (χ3n) is 2.83. The lowest BCUT2D eigenvalue weighted by Gasteiger charge is -2.19. The molecule has 2 aromatic carbocycles. The number of anilines is 3. The molecular formula is C15H17N3OS. The fourth-order valence-electron chi connectivity index (χ4n) is 1.71. The van der Waals surface area contributed by atoms with Crippen LogP contribution in [0.1, 0.15) is 0 Å². The zero-order valence-electron chi connectivity index (χ0n) is 11.4. The Balaban J connectivity index is 2.04. The number of thiocarbonyl (C=S) groups is 1. The summed E-state index contributed by atoms with van der Waals surface area (Å²) >= 11 is 5.18. The molecule has 0 saturated heterocycles. The summed E-state index contributed by atoms with van der Waals surface area (Å²) in [5, 5.41) is 14.2. The van der Waals surface area contributed by atoms with Crippen molar-refractivity contribution in [2.24, 2.45) is 0 Å². The molecule has 0 fully saturated rings. The van der Waals surface area contributed by atoms with Crippen LogP contribution in [0.2, 0.25) is 0 Å². The van der Waals surface area contributed by atoms with Crippen LogP contribution in [0.3, 0.4) is 0 Å². The lowest BCUT2D eigenvalue weighted by Crippen LogP contribution is -2.31. The maximum atomic E-state index is 10.0. The zero-order chi connectivity index (χ0) is 14.5. The molecule has 104 valence electrons. The number of nitrogens with one attached hydrogen (secondary N) is 1. The first-order chi connectivity index (χ1) is 9.58. The summed E-state index contributed by atoms with van der Waals surface area (Å²) in [6, 6.07) is 16.9. The standard InChI is InChI=1S/C15H17N3OS/c1-17(2)13-10-8-12(9-11-13)16-15(20)18(19)14-6-4-3-5-7-14/h3-11,19H,1-2H3,(H,16,20). The van der Waals surface area contributed by atoms with Crippen LogP contribution in [0.4, 0.5) is 17.1 Å². The summed E-state index contributed by atoms with van der Waals surface area (Å²) < 4.78 is 0. The lowest BCUT2D eigenvalue weighted by atomic mass is 10.2. The highest BCUT2D eigenvalue weighted by Crippen LogP contribution is 2.17. The van der Waals surface area contributed by atoms with Crippen molar-refractivity contribution in [3.05, 3.63) is 54.6 Å². The third kappa shape index (κ3) is 3.46. The van der Waals surface area contributed by atoms with E-state index in [4.69, 9.17) is 12.2 Å². The molecule has 0 aliphatic heterocycles. The van der Waals surface area contributed by atoms with Gasteiger partial charge in [0.2, 0.25) is 5.11 Å². The third-order valence-corrected chi connectivity index (χ3v) is 3.10. The average Bonchev–Trinajstić information content (AvgIpc) is 2.48. The molecule has 2 aromatic rings. The largest absolute Gasteiger partial charge is 0.378 e. The Morgan fingerprint density at radius 3 is 2.10 bits per heavy atom. The van der Waals surface area contributed by atoms with Gasteiger partial charge in [0.25, 0.3) is 0 Å². The summed E-state index contributed by atoms with van der Waals surface area (Å²) in [5.74, 6) is 0. The highest BCUT2D eigenvalue weighted by molar-refractivity contribution is 7.80. The van der Waals surface area contributed by atoms with Crippen molar-refractivity contribution in [3.63, 3.8) is 0 Å². The molecule has 20 heavy (non-hydrogen) atoms. The molecule has 0 aliphatic carbocycles. The van der Waals surface area contributed by atoms with E-state index >= 15 is 0 Å². The Morgan fingerprint density at radius 2 is 1.55 bits per heavy atom. The molecular weight excluding hydrogens is 270 g/mol. The van der Waals surface area contributed by atoms with Crippen molar-refractivity contribution in [2.75, 3.05) is 29.4 Å². The first-order valence-corrected chi connectivity index (χ1v) is 6.61. The van der Waals surface area contributed by atoms with Crippen LogP contribution >= 0.6 is 12.2 Å². The molecule has 2 N–H and O–H groups in total.